The number of ether oxygens (including phenoxy) is 1. The second-order valence-electron chi connectivity index (χ2n) is 4.53. The first-order valence-electron chi connectivity index (χ1n) is 6.51. The Hall–Kier alpha value is -2.04. The van der Waals surface area contributed by atoms with E-state index in [9.17, 15) is 10.2 Å². The molecule has 0 saturated carbocycles. The van der Waals surface area contributed by atoms with Crippen molar-refractivity contribution in [1.82, 2.24) is 5.32 Å². The van der Waals surface area contributed by atoms with Gasteiger partial charge in [0, 0.05) is 18.7 Å². The van der Waals surface area contributed by atoms with Crippen LogP contribution in [0.25, 0.3) is 0 Å². The summed E-state index contributed by atoms with van der Waals surface area (Å²) in [6.07, 6.45) is -0.566. The molecule has 0 fully saturated rings. The van der Waals surface area contributed by atoms with Crippen molar-refractivity contribution in [3.8, 4) is 11.5 Å². The lowest BCUT2D eigenvalue weighted by molar-refractivity contribution is 0.174. The third-order valence-corrected chi connectivity index (χ3v) is 3.14. The van der Waals surface area contributed by atoms with Crippen molar-refractivity contribution in [2.75, 3.05) is 13.7 Å². The van der Waals surface area contributed by atoms with E-state index in [4.69, 9.17) is 4.74 Å². The van der Waals surface area contributed by atoms with Gasteiger partial charge in [0.25, 0.3) is 0 Å². The number of rotatable bonds is 6. The maximum Gasteiger partial charge on any atom is 0.162 e. The van der Waals surface area contributed by atoms with E-state index in [2.05, 4.69) is 5.32 Å². The smallest absolute Gasteiger partial charge is 0.162 e. The van der Waals surface area contributed by atoms with Gasteiger partial charge in [-0.15, -0.1) is 0 Å². The number of phenols is 1. The zero-order valence-electron chi connectivity index (χ0n) is 11.4. The molecule has 0 aliphatic heterocycles. The van der Waals surface area contributed by atoms with Gasteiger partial charge in [0.1, 0.15) is 0 Å². The van der Waals surface area contributed by atoms with Gasteiger partial charge < -0.3 is 20.3 Å². The predicted molar refractivity (Wildman–Crippen MR) is 77.8 cm³/mol. The average Bonchev–Trinajstić information content (AvgIpc) is 2.49. The summed E-state index contributed by atoms with van der Waals surface area (Å²) < 4.78 is 5.06. The van der Waals surface area contributed by atoms with Gasteiger partial charge in [-0.25, -0.2) is 0 Å². The minimum Gasteiger partial charge on any atom is -0.504 e. The van der Waals surface area contributed by atoms with Crippen molar-refractivity contribution < 1.29 is 14.9 Å². The van der Waals surface area contributed by atoms with Gasteiger partial charge in [-0.2, -0.15) is 0 Å². The van der Waals surface area contributed by atoms with Crippen LogP contribution in [0.4, 0.5) is 0 Å². The van der Waals surface area contributed by atoms with Crippen LogP contribution in [0.1, 0.15) is 17.2 Å². The molecule has 1 atom stereocenters. The van der Waals surface area contributed by atoms with Gasteiger partial charge in [-0.05, 0) is 11.6 Å². The third-order valence-electron chi connectivity index (χ3n) is 3.14. The van der Waals surface area contributed by atoms with Gasteiger partial charge >= 0.3 is 0 Å². The molecule has 0 bridgehead atoms. The highest BCUT2D eigenvalue weighted by molar-refractivity contribution is 5.45. The van der Waals surface area contributed by atoms with Crippen LogP contribution in [0.5, 0.6) is 11.5 Å². The van der Waals surface area contributed by atoms with Crippen molar-refractivity contribution in [3.63, 3.8) is 0 Å². The normalized spacial score (nSPS) is 12.1. The molecule has 0 aliphatic carbocycles. The fourth-order valence-corrected chi connectivity index (χ4v) is 2.01. The first-order chi connectivity index (χ1) is 9.72. The Balaban J connectivity index is 1.90. The summed E-state index contributed by atoms with van der Waals surface area (Å²) in [7, 11) is 1.52. The van der Waals surface area contributed by atoms with E-state index in [-0.39, 0.29) is 5.75 Å². The van der Waals surface area contributed by atoms with E-state index in [1.54, 1.807) is 6.07 Å². The number of para-hydroxylation sites is 1. The Bertz CT molecular complexity index is 543. The lowest BCUT2D eigenvalue weighted by atomic mass is 10.1. The first-order valence-corrected chi connectivity index (χ1v) is 6.51. The molecule has 1 unspecified atom stereocenters. The third kappa shape index (κ3) is 3.50. The molecule has 20 heavy (non-hydrogen) atoms. The van der Waals surface area contributed by atoms with Crippen LogP contribution in [0.15, 0.2) is 48.5 Å². The molecule has 3 N–H and O–H groups in total. The largest absolute Gasteiger partial charge is 0.504 e. The summed E-state index contributed by atoms with van der Waals surface area (Å²) in [4.78, 5) is 0. The lowest BCUT2D eigenvalue weighted by Gasteiger charge is -2.13. The van der Waals surface area contributed by atoms with E-state index in [0.717, 1.165) is 11.1 Å². The molecule has 0 aliphatic rings. The summed E-state index contributed by atoms with van der Waals surface area (Å²) in [6, 6.07) is 14.8. The standard InChI is InChI=1S/C16H19NO3/c1-20-15-9-5-8-13(16(15)19)10-17-11-14(18)12-6-3-2-4-7-12/h2-9,14,17-19H,10-11H2,1H3. The Labute approximate surface area is 118 Å². The average molecular weight is 273 g/mol. The second-order valence-corrected chi connectivity index (χ2v) is 4.53. The molecule has 2 aromatic rings. The molecule has 0 heterocycles. The topological polar surface area (TPSA) is 61.7 Å². The lowest BCUT2D eigenvalue weighted by Crippen LogP contribution is -2.21. The molecular weight excluding hydrogens is 254 g/mol. The van der Waals surface area contributed by atoms with Crippen molar-refractivity contribution in [1.29, 1.82) is 0 Å². The molecule has 0 amide bonds. The first kappa shape index (κ1) is 14.4. The Morgan fingerprint density at radius 1 is 1.10 bits per heavy atom. The van der Waals surface area contributed by atoms with E-state index in [0.29, 0.717) is 18.8 Å². The molecule has 106 valence electrons. The predicted octanol–water partition coefficient (Wildman–Crippen LogP) is 2.22. The van der Waals surface area contributed by atoms with Crippen molar-refractivity contribution >= 4 is 0 Å². The van der Waals surface area contributed by atoms with E-state index in [1.807, 2.05) is 42.5 Å². The van der Waals surface area contributed by atoms with Crippen LogP contribution in [0.3, 0.4) is 0 Å². The maximum atomic E-state index is 10.0. The van der Waals surface area contributed by atoms with Gasteiger partial charge in [0.2, 0.25) is 0 Å². The number of benzene rings is 2. The summed E-state index contributed by atoms with van der Waals surface area (Å²) in [6.45, 7) is 0.883. The van der Waals surface area contributed by atoms with Gasteiger partial charge in [-0.1, -0.05) is 42.5 Å². The number of phenolic OH excluding ortho intramolecular Hbond substituents is 1. The van der Waals surface area contributed by atoms with Crippen LogP contribution in [-0.2, 0) is 6.54 Å². The van der Waals surface area contributed by atoms with Gasteiger partial charge in [-0.3, -0.25) is 0 Å². The number of aromatic hydroxyl groups is 1. The fraction of sp³-hybridized carbons (Fsp3) is 0.250. The molecule has 0 radical (unpaired) electrons. The zero-order chi connectivity index (χ0) is 14.4. The minimum atomic E-state index is -0.566. The summed E-state index contributed by atoms with van der Waals surface area (Å²) in [5.74, 6) is 0.588. The van der Waals surface area contributed by atoms with E-state index < -0.39 is 6.10 Å². The molecule has 2 rings (SSSR count). The zero-order valence-corrected chi connectivity index (χ0v) is 11.4. The molecule has 4 heteroatoms. The molecular formula is C16H19NO3. The van der Waals surface area contributed by atoms with E-state index >= 15 is 0 Å². The molecule has 0 saturated heterocycles. The minimum absolute atomic E-state index is 0.136. The van der Waals surface area contributed by atoms with E-state index in [1.165, 1.54) is 7.11 Å². The van der Waals surface area contributed by atoms with Crippen LogP contribution >= 0.6 is 0 Å². The Morgan fingerprint density at radius 2 is 1.85 bits per heavy atom. The van der Waals surface area contributed by atoms with Crippen LogP contribution in [-0.4, -0.2) is 23.9 Å². The number of hydrogen-bond donors (Lipinski definition) is 3. The highest BCUT2D eigenvalue weighted by Crippen LogP contribution is 2.29. The van der Waals surface area contributed by atoms with Crippen molar-refractivity contribution in [2.24, 2.45) is 0 Å². The summed E-state index contributed by atoms with van der Waals surface area (Å²) in [5.41, 5.74) is 1.61. The maximum absolute atomic E-state index is 10.0. The monoisotopic (exact) mass is 273 g/mol. The van der Waals surface area contributed by atoms with Crippen molar-refractivity contribution in [2.45, 2.75) is 12.6 Å². The molecule has 0 aromatic heterocycles. The molecule has 2 aromatic carbocycles. The van der Waals surface area contributed by atoms with Crippen LogP contribution in [0.2, 0.25) is 0 Å². The molecule has 4 nitrogen and oxygen atoms in total. The van der Waals surface area contributed by atoms with Crippen molar-refractivity contribution in [3.05, 3.63) is 59.7 Å². The Morgan fingerprint density at radius 3 is 2.55 bits per heavy atom. The Kier molecular flexibility index (Phi) is 4.98. The van der Waals surface area contributed by atoms with Gasteiger partial charge in [0.05, 0.1) is 13.2 Å². The fourth-order valence-electron chi connectivity index (χ4n) is 2.01. The second kappa shape index (κ2) is 6.93. The van der Waals surface area contributed by atoms with Gasteiger partial charge in [0.15, 0.2) is 11.5 Å². The number of aliphatic hydroxyl groups excluding tert-OH is 1. The van der Waals surface area contributed by atoms with Crippen LogP contribution in [0, 0.1) is 0 Å². The SMILES string of the molecule is COc1cccc(CNCC(O)c2ccccc2)c1O. The number of aliphatic hydroxyl groups is 1. The number of nitrogens with one attached hydrogen (secondary N) is 1. The summed E-state index contributed by atoms with van der Waals surface area (Å²) in [5, 5.41) is 23.1. The van der Waals surface area contributed by atoms with Crippen LogP contribution < -0.4 is 10.1 Å². The number of methoxy groups -OCH3 is 1. The quantitative estimate of drug-likeness (QED) is 0.755. The summed E-state index contributed by atoms with van der Waals surface area (Å²) >= 11 is 0. The molecule has 0 spiro atoms. The highest BCUT2D eigenvalue weighted by Gasteiger charge is 2.09. The highest BCUT2D eigenvalue weighted by atomic mass is 16.5. The number of hydrogen-bond acceptors (Lipinski definition) is 4.